The van der Waals surface area contributed by atoms with Gasteiger partial charge in [0.15, 0.2) is 0 Å². The summed E-state index contributed by atoms with van der Waals surface area (Å²) < 4.78 is 13.0. The first-order chi connectivity index (χ1) is 21.1. The Morgan fingerprint density at radius 3 is 1.28 bits per heavy atom. The van der Waals surface area contributed by atoms with E-state index in [1.807, 2.05) is 109 Å². The van der Waals surface area contributed by atoms with Gasteiger partial charge < -0.3 is 9.47 Å². The van der Waals surface area contributed by atoms with Crippen molar-refractivity contribution < 1.29 is 9.47 Å². The third kappa shape index (κ3) is 6.82. The van der Waals surface area contributed by atoms with E-state index in [-0.39, 0.29) is 5.41 Å². The van der Waals surface area contributed by atoms with Crippen molar-refractivity contribution in [2.24, 2.45) is 15.4 Å². The fraction of sp³-hybridized carbons (Fsp3) is 0.128. The summed E-state index contributed by atoms with van der Waals surface area (Å²) in [6.45, 7) is 5.08. The van der Waals surface area contributed by atoms with Crippen LogP contribution >= 0.6 is 0 Å². The summed E-state index contributed by atoms with van der Waals surface area (Å²) in [5, 5.41) is 4.45. The number of rotatable bonds is 8. The van der Waals surface area contributed by atoms with Crippen LogP contribution in [-0.4, -0.2) is 25.0 Å². The van der Waals surface area contributed by atoms with Gasteiger partial charge in [-0.2, -0.15) is 0 Å². The summed E-state index contributed by atoms with van der Waals surface area (Å²) in [6.07, 6.45) is 0. The van der Waals surface area contributed by atoms with Gasteiger partial charge in [0.2, 0.25) is 11.8 Å². The van der Waals surface area contributed by atoms with Gasteiger partial charge in [0.05, 0.1) is 24.6 Å². The second-order valence-corrected chi connectivity index (χ2v) is 11.3. The maximum Gasteiger partial charge on any atom is 0.221 e. The summed E-state index contributed by atoms with van der Waals surface area (Å²) in [6, 6.07) is 49.0. The Morgan fingerprint density at radius 2 is 0.837 bits per heavy atom. The van der Waals surface area contributed by atoms with Crippen LogP contribution in [0.25, 0.3) is 21.5 Å². The molecule has 0 heterocycles. The van der Waals surface area contributed by atoms with Crippen molar-refractivity contribution in [3.05, 3.63) is 157 Å². The van der Waals surface area contributed by atoms with E-state index in [4.69, 9.17) is 19.5 Å². The normalized spacial score (nSPS) is 12.4. The summed E-state index contributed by atoms with van der Waals surface area (Å²) in [5.74, 6) is 1.16. The van der Waals surface area contributed by atoms with E-state index in [0.717, 1.165) is 44.0 Å². The molecular weight excluding hydrogens is 528 g/mol. The molecule has 4 nitrogen and oxygen atoms in total. The highest BCUT2D eigenvalue weighted by molar-refractivity contribution is 6.01. The Hall–Kier alpha value is -5.22. The smallest absolute Gasteiger partial charge is 0.221 e. The summed E-state index contributed by atoms with van der Waals surface area (Å²) in [4.78, 5) is 10.0. The van der Waals surface area contributed by atoms with Crippen LogP contribution in [0.4, 0.5) is 11.4 Å². The first-order valence-electron chi connectivity index (χ1n) is 14.6. The molecule has 43 heavy (non-hydrogen) atoms. The van der Waals surface area contributed by atoms with Crippen LogP contribution in [-0.2, 0) is 9.47 Å². The zero-order valence-electron chi connectivity index (χ0n) is 24.5. The van der Waals surface area contributed by atoms with Crippen LogP contribution in [0.5, 0.6) is 0 Å². The Labute approximate surface area is 253 Å². The molecule has 0 bridgehead atoms. The molecule has 0 radical (unpaired) electrons. The van der Waals surface area contributed by atoms with Gasteiger partial charge in [0.25, 0.3) is 0 Å². The van der Waals surface area contributed by atoms with Gasteiger partial charge in [-0.05, 0) is 47.2 Å². The van der Waals surface area contributed by atoms with Crippen LogP contribution in [0.3, 0.4) is 0 Å². The fourth-order valence-electron chi connectivity index (χ4n) is 4.92. The zero-order chi connectivity index (χ0) is 29.5. The molecule has 6 rings (SSSR count). The Balaban J connectivity index is 1.26. The lowest BCUT2D eigenvalue weighted by molar-refractivity contribution is 0.0994. The highest BCUT2D eigenvalue weighted by Crippen LogP contribution is 2.29. The summed E-state index contributed by atoms with van der Waals surface area (Å²) in [7, 11) is 0. The van der Waals surface area contributed by atoms with Crippen LogP contribution in [0.2, 0.25) is 0 Å². The number of ether oxygens (including phenoxy) is 2. The van der Waals surface area contributed by atoms with Crippen LogP contribution < -0.4 is 0 Å². The van der Waals surface area contributed by atoms with Crippen molar-refractivity contribution in [3.63, 3.8) is 0 Å². The minimum atomic E-state index is -0.345. The predicted molar refractivity (Wildman–Crippen MR) is 179 cm³/mol. The molecule has 0 unspecified atom stereocenters. The Bertz CT molecular complexity index is 1740. The molecule has 0 amide bonds. The Morgan fingerprint density at radius 1 is 0.465 bits per heavy atom. The van der Waals surface area contributed by atoms with E-state index in [0.29, 0.717) is 25.0 Å². The topological polar surface area (TPSA) is 43.2 Å². The van der Waals surface area contributed by atoms with Crippen molar-refractivity contribution in [1.82, 2.24) is 0 Å². The number of fused-ring (bicyclic) bond motifs is 2. The molecule has 0 saturated carbocycles. The molecule has 0 spiro atoms. The molecule has 212 valence electrons. The molecule has 6 aromatic rings. The van der Waals surface area contributed by atoms with E-state index >= 15 is 0 Å². The SMILES string of the molecule is CC(C)(COC(=Nc1cccc2ccccc12)c1ccccc1)COC(=Nc1cccc2ccccc12)c1ccccc1. The van der Waals surface area contributed by atoms with Crippen molar-refractivity contribution >= 4 is 44.7 Å². The lowest BCUT2D eigenvalue weighted by Gasteiger charge is -2.26. The minimum absolute atomic E-state index is 0.345. The molecule has 0 aliphatic carbocycles. The number of hydrogen-bond acceptors (Lipinski definition) is 4. The van der Waals surface area contributed by atoms with Gasteiger partial charge >= 0.3 is 0 Å². The molecule has 0 N–H and O–H groups in total. The highest BCUT2D eigenvalue weighted by Gasteiger charge is 2.23. The molecule has 6 aromatic carbocycles. The summed E-state index contributed by atoms with van der Waals surface area (Å²) >= 11 is 0. The maximum atomic E-state index is 6.49. The first-order valence-corrected chi connectivity index (χ1v) is 14.6. The van der Waals surface area contributed by atoms with Crippen molar-refractivity contribution in [1.29, 1.82) is 0 Å². The molecule has 0 fully saturated rings. The van der Waals surface area contributed by atoms with E-state index < -0.39 is 0 Å². The average molecular weight is 563 g/mol. The fourth-order valence-corrected chi connectivity index (χ4v) is 4.92. The lowest BCUT2D eigenvalue weighted by atomic mass is 9.96. The molecule has 0 atom stereocenters. The molecular formula is C39H34N2O2. The lowest BCUT2D eigenvalue weighted by Crippen LogP contribution is -2.29. The van der Waals surface area contributed by atoms with Gasteiger partial charge in [0, 0.05) is 27.3 Å². The van der Waals surface area contributed by atoms with Gasteiger partial charge in [-0.1, -0.05) is 123 Å². The monoisotopic (exact) mass is 562 g/mol. The maximum absolute atomic E-state index is 6.49. The van der Waals surface area contributed by atoms with Gasteiger partial charge in [-0.25, -0.2) is 9.98 Å². The van der Waals surface area contributed by atoms with Crippen molar-refractivity contribution in [2.45, 2.75) is 13.8 Å². The van der Waals surface area contributed by atoms with Gasteiger partial charge in [0.1, 0.15) is 0 Å². The Kier molecular flexibility index (Phi) is 8.28. The molecule has 0 saturated heterocycles. The third-order valence-corrected chi connectivity index (χ3v) is 7.22. The van der Waals surface area contributed by atoms with E-state index in [2.05, 4.69) is 50.2 Å². The number of nitrogens with zero attached hydrogens (tertiary/aromatic N) is 2. The van der Waals surface area contributed by atoms with Crippen LogP contribution in [0, 0.1) is 5.41 Å². The first kappa shape index (κ1) is 27.9. The second kappa shape index (κ2) is 12.7. The quantitative estimate of drug-likeness (QED) is 0.137. The molecule has 0 aliphatic rings. The van der Waals surface area contributed by atoms with Crippen molar-refractivity contribution in [2.75, 3.05) is 13.2 Å². The van der Waals surface area contributed by atoms with Gasteiger partial charge in [-0.15, -0.1) is 0 Å². The highest BCUT2D eigenvalue weighted by atomic mass is 16.5. The number of hydrogen-bond donors (Lipinski definition) is 0. The zero-order valence-corrected chi connectivity index (χ0v) is 24.5. The van der Waals surface area contributed by atoms with Crippen LogP contribution in [0.15, 0.2) is 156 Å². The molecule has 0 aromatic heterocycles. The van der Waals surface area contributed by atoms with Crippen LogP contribution in [0.1, 0.15) is 25.0 Å². The minimum Gasteiger partial charge on any atom is -0.477 e. The predicted octanol–water partition coefficient (Wildman–Crippen LogP) is 9.91. The van der Waals surface area contributed by atoms with Crippen molar-refractivity contribution in [3.8, 4) is 0 Å². The standard InChI is InChI=1S/C39H34N2O2/c1-39(2,27-42-37(31-17-5-3-6-18-31)40-35-25-13-21-29-15-9-11-23-33(29)35)28-43-38(32-19-7-4-8-20-32)41-36-26-14-22-30-16-10-12-24-34(30)36/h3-26H,27-28H2,1-2H3. The summed E-state index contributed by atoms with van der Waals surface area (Å²) in [5.41, 5.74) is 3.26. The molecule has 4 heteroatoms. The van der Waals surface area contributed by atoms with E-state index in [1.165, 1.54) is 0 Å². The number of aliphatic imine (C=N–C) groups is 2. The largest absolute Gasteiger partial charge is 0.477 e. The number of benzene rings is 6. The van der Waals surface area contributed by atoms with Gasteiger partial charge in [-0.3, -0.25) is 0 Å². The molecule has 0 aliphatic heterocycles. The van der Waals surface area contributed by atoms with E-state index in [9.17, 15) is 0 Å². The third-order valence-electron chi connectivity index (χ3n) is 7.22. The van der Waals surface area contributed by atoms with E-state index in [1.54, 1.807) is 0 Å². The second-order valence-electron chi connectivity index (χ2n) is 11.3. The average Bonchev–Trinajstić information content (AvgIpc) is 3.06.